The lowest BCUT2D eigenvalue weighted by Gasteiger charge is -2.11. The fraction of sp³-hybridized carbons (Fsp3) is 0.500. The minimum atomic E-state index is -1.21. The Morgan fingerprint density at radius 1 is 1.14 bits per heavy atom. The molecule has 1 aliphatic rings. The predicted molar refractivity (Wildman–Crippen MR) is 45.4 cm³/mol. The minimum Gasteiger partial charge on any atom is -0.478 e. The number of carboxylic acids is 1. The molecule has 2 atom stereocenters. The van der Waals surface area contributed by atoms with Gasteiger partial charge in [0.2, 0.25) is 5.91 Å². The molecule has 0 aromatic carbocycles. The third kappa shape index (κ3) is 2.54. The first-order valence-electron chi connectivity index (χ1n) is 4.06. The van der Waals surface area contributed by atoms with Crippen LogP contribution in [0.3, 0.4) is 0 Å². The van der Waals surface area contributed by atoms with Crippen LogP contribution in [0.4, 0.5) is 0 Å². The van der Waals surface area contributed by atoms with E-state index in [-0.39, 0.29) is 13.1 Å². The van der Waals surface area contributed by atoms with Gasteiger partial charge in [0.05, 0.1) is 12.2 Å². The van der Waals surface area contributed by atoms with Gasteiger partial charge in [-0.15, -0.1) is 0 Å². The van der Waals surface area contributed by atoms with Gasteiger partial charge in [-0.1, -0.05) is 0 Å². The minimum absolute atomic E-state index is 0.0317. The van der Waals surface area contributed by atoms with Gasteiger partial charge in [0, 0.05) is 25.2 Å². The molecule has 1 heterocycles. The van der Waals surface area contributed by atoms with Gasteiger partial charge < -0.3 is 20.2 Å². The molecule has 0 aromatic heterocycles. The maximum atomic E-state index is 11.2. The highest BCUT2D eigenvalue weighted by atomic mass is 16.4. The van der Waals surface area contributed by atoms with E-state index < -0.39 is 24.1 Å². The first-order valence-corrected chi connectivity index (χ1v) is 4.06. The van der Waals surface area contributed by atoms with Gasteiger partial charge in [-0.2, -0.15) is 0 Å². The van der Waals surface area contributed by atoms with Crippen molar-refractivity contribution in [1.29, 1.82) is 0 Å². The Labute approximate surface area is 80.1 Å². The molecule has 0 aromatic rings. The van der Waals surface area contributed by atoms with Gasteiger partial charge in [-0.25, -0.2) is 4.79 Å². The van der Waals surface area contributed by atoms with Gasteiger partial charge in [-0.05, 0) is 0 Å². The van der Waals surface area contributed by atoms with Crippen molar-refractivity contribution < 1.29 is 24.9 Å². The van der Waals surface area contributed by atoms with Crippen LogP contribution in [0.2, 0.25) is 0 Å². The summed E-state index contributed by atoms with van der Waals surface area (Å²) in [4.78, 5) is 22.5. The maximum absolute atomic E-state index is 11.2. The van der Waals surface area contributed by atoms with Gasteiger partial charge in [0.1, 0.15) is 0 Å². The van der Waals surface area contributed by atoms with E-state index in [0.717, 1.165) is 12.2 Å². The van der Waals surface area contributed by atoms with Crippen LogP contribution in [0.25, 0.3) is 0 Å². The van der Waals surface area contributed by atoms with E-state index in [0.29, 0.717) is 0 Å². The molecule has 1 rings (SSSR count). The monoisotopic (exact) mass is 201 g/mol. The molecule has 3 N–H and O–H groups in total. The third-order valence-corrected chi connectivity index (χ3v) is 1.94. The lowest BCUT2D eigenvalue weighted by atomic mass is 10.3. The maximum Gasteiger partial charge on any atom is 0.328 e. The molecule has 0 radical (unpaired) electrons. The molecule has 14 heavy (non-hydrogen) atoms. The largest absolute Gasteiger partial charge is 0.478 e. The zero-order valence-electron chi connectivity index (χ0n) is 7.33. The highest BCUT2D eigenvalue weighted by Gasteiger charge is 2.31. The quantitative estimate of drug-likeness (QED) is 0.457. The zero-order chi connectivity index (χ0) is 10.7. The highest BCUT2D eigenvalue weighted by molar-refractivity contribution is 5.94. The molecular weight excluding hydrogens is 190 g/mol. The van der Waals surface area contributed by atoms with Crippen molar-refractivity contribution in [2.75, 3.05) is 13.1 Å². The van der Waals surface area contributed by atoms with Gasteiger partial charge in [0.25, 0.3) is 0 Å². The summed E-state index contributed by atoms with van der Waals surface area (Å²) in [5.74, 6) is -1.73. The van der Waals surface area contributed by atoms with Gasteiger partial charge >= 0.3 is 5.97 Å². The summed E-state index contributed by atoms with van der Waals surface area (Å²) in [7, 11) is 0. The predicted octanol–water partition coefficient (Wildman–Crippen LogP) is -1.81. The lowest BCUT2D eigenvalue weighted by molar-refractivity contribution is -0.132. The number of aliphatic carboxylic acids is 1. The topological polar surface area (TPSA) is 98.1 Å². The summed E-state index contributed by atoms with van der Waals surface area (Å²) in [5.41, 5.74) is 0. The standard InChI is InChI=1S/C8H11NO5/c10-5-3-9(4-6(5)11)7(12)1-2-8(13)14/h1-2,5-6,10-11H,3-4H2,(H,13,14)/b2-1+. The van der Waals surface area contributed by atoms with Crippen molar-refractivity contribution in [1.82, 2.24) is 4.90 Å². The van der Waals surface area contributed by atoms with Crippen LogP contribution < -0.4 is 0 Å². The molecule has 2 unspecified atom stereocenters. The molecule has 0 bridgehead atoms. The summed E-state index contributed by atoms with van der Waals surface area (Å²) in [6.07, 6.45) is -0.277. The fourth-order valence-corrected chi connectivity index (χ4v) is 1.20. The Bertz CT molecular complexity index is 265. The van der Waals surface area contributed by atoms with Crippen molar-refractivity contribution in [2.45, 2.75) is 12.2 Å². The zero-order valence-corrected chi connectivity index (χ0v) is 7.33. The number of nitrogens with zero attached hydrogens (tertiary/aromatic N) is 1. The summed E-state index contributed by atoms with van der Waals surface area (Å²) in [6, 6.07) is 0. The number of rotatable bonds is 2. The molecule has 0 spiro atoms. The average Bonchev–Trinajstić information content (AvgIpc) is 2.43. The molecule has 1 saturated heterocycles. The number of carbonyl (C=O) groups excluding carboxylic acids is 1. The first-order chi connectivity index (χ1) is 6.50. The number of aliphatic hydroxyl groups is 2. The molecule has 6 heteroatoms. The average molecular weight is 201 g/mol. The Hall–Kier alpha value is -1.40. The SMILES string of the molecule is O=C(O)/C=C/C(=O)N1CC(O)C(O)C1. The van der Waals surface area contributed by atoms with Crippen LogP contribution in [-0.4, -0.2) is 57.4 Å². The van der Waals surface area contributed by atoms with Crippen molar-refractivity contribution in [3.63, 3.8) is 0 Å². The molecule has 0 saturated carbocycles. The second-order valence-electron chi connectivity index (χ2n) is 3.05. The summed E-state index contributed by atoms with van der Waals surface area (Å²) in [5, 5.41) is 26.5. The van der Waals surface area contributed by atoms with E-state index in [1.165, 1.54) is 4.90 Å². The molecule has 1 amide bonds. The number of hydrogen-bond donors (Lipinski definition) is 3. The molecule has 78 valence electrons. The number of amides is 1. The Kier molecular flexibility index (Phi) is 3.21. The smallest absolute Gasteiger partial charge is 0.328 e. The summed E-state index contributed by atoms with van der Waals surface area (Å²) >= 11 is 0. The highest BCUT2D eigenvalue weighted by Crippen LogP contribution is 2.10. The van der Waals surface area contributed by atoms with Gasteiger partial charge in [-0.3, -0.25) is 4.79 Å². The van der Waals surface area contributed by atoms with Crippen LogP contribution in [0.1, 0.15) is 0 Å². The number of likely N-dealkylation sites (tertiary alicyclic amines) is 1. The second-order valence-corrected chi connectivity index (χ2v) is 3.05. The second kappa shape index (κ2) is 4.21. The lowest BCUT2D eigenvalue weighted by Crippen LogP contribution is -2.28. The van der Waals surface area contributed by atoms with Crippen LogP contribution >= 0.6 is 0 Å². The molecule has 6 nitrogen and oxygen atoms in total. The van der Waals surface area contributed by atoms with Crippen LogP contribution in [0.15, 0.2) is 12.2 Å². The van der Waals surface area contributed by atoms with Crippen molar-refractivity contribution in [3.8, 4) is 0 Å². The number of aliphatic hydroxyl groups excluding tert-OH is 2. The van der Waals surface area contributed by atoms with Crippen molar-refractivity contribution in [2.24, 2.45) is 0 Å². The fourth-order valence-electron chi connectivity index (χ4n) is 1.20. The van der Waals surface area contributed by atoms with Crippen molar-refractivity contribution in [3.05, 3.63) is 12.2 Å². The Morgan fingerprint density at radius 3 is 2.07 bits per heavy atom. The third-order valence-electron chi connectivity index (χ3n) is 1.94. The Morgan fingerprint density at radius 2 is 1.64 bits per heavy atom. The Balaban J connectivity index is 2.51. The van der Waals surface area contributed by atoms with E-state index >= 15 is 0 Å². The van der Waals surface area contributed by atoms with Crippen molar-refractivity contribution >= 4 is 11.9 Å². The number of carbonyl (C=O) groups is 2. The number of carboxylic acid groups (broad SMARTS) is 1. The number of β-amino-alcohol motifs (C(OH)–C–C–N with tert-alkyl or cyclic N) is 2. The first kappa shape index (κ1) is 10.7. The molecule has 1 aliphatic heterocycles. The van der Waals surface area contributed by atoms with E-state index in [1.54, 1.807) is 0 Å². The number of hydrogen-bond acceptors (Lipinski definition) is 4. The van der Waals surface area contributed by atoms with Gasteiger partial charge in [0.15, 0.2) is 0 Å². The summed E-state index contributed by atoms with van der Waals surface area (Å²) < 4.78 is 0. The van der Waals surface area contributed by atoms with E-state index in [1.807, 2.05) is 0 Å². The molecular formula is C8H11NO5. The van der Waals surface area contributed by atoms with Crippen LogP contribution in [0.5, 0.6) is 0 Å². The summed E-state index contributed by atoms with van der Waals surface area (Å²) in [6.45, 7) is 0.0634. The van der Waals surface area contributed by atoms with E-state index in [9.17, 15) is 9.59 Å². The van der Waals surface area contributed by atoms with Crippen LogP contribution in [-0.2, 0) is 9.59 Å². The molecule has 0 aliphatic carbocycles. The molecule has 1 fully saturated rings. The van der Waals surface area contributed by atoms with E-state index in [2.05, 4.69) is 0 Å². The van der Waals surface area contributed by atoms with Crippen LogP contribution in [0, 0.1) is 0 Å². The normalized spacial score (nSPS) is 27.1. The van der Waals surface area contributed by atoms with E-state index in [4.69, 9.17) is 15.3 Å².